The number of nitrogens with one attached hydrogen (secondary N) is 2. The first-order valence-electron chi connectivity index (χ1n) is 11.7. The molecule has 0 aliphatic rings. The molecule has 1 amide bonds. The number of hydrogen-bond acceptors (Lipinski definition) is 11. The predicted octanol–water partition coefficient (Wildman–Crippen LogP) is 1.28. The summed E-state index contributed by atoms with van der Waals surface area (Å²) in [4.78, 5) is 16.8. The van der Waals surface area contributed by atoms with Gasteiger partial charge in [0.05, 0.1) is 29.1 Å². The van der Waals surface area contributed by atoms with Crippen molar-refractivity contribution in [1.29, 1.82) is 0 Å². The summed E-state index contributed by atoms with van der Waals surface area (Å²) in [7, 11) is -7.83. The highest BCUT2D eigenvalue weighted by atomic mass is 32.2. The van der Waals surface area contributed by atoms with Crippen LogP contribution in [0, 0.1) is 0 Å². The van der Waals surface area contributed by atoms with E-state index >= 15 is 0 Å². The summed E-state index contributed by atoms with van der Waals surface area (Å²) < 4.78 is 57.1. The summed E-state index contributed by atoms with van der Waals surface area (Å²) in [5.41, 5.74) is 2.54. The van der Waals surface area contributed by atoms with Crippen molar-refractivity contribution in [1.82, 2.24) is 25.2 Å². The zero-order valence-electron chi connectivity index (χ0n) is 20.7. The van der Waals surface area contributed by atoms with Gasteiger partial charge in [0.25, 0.3) is 16.1 Å². The summed E-state index contributed by atoms with van der Waals surface area (Å²) >= 11 is 1.15. The lowest BCUT2D eigenvalue weighted by Gasteiger charge is -2.10. The highest BCUT2D eigenvalue weighted by Crippen LogP contribution is 2.37. The van der Waals surface area contributed by atoms with Gasteiger partial charge in [0, 0.05) is 12.1 Å². The monoisotopic (exact) mass is 594 g/mol. The number of thiazole rings is 1. The van der Waals surface area contributed by atoms with Crippen LogP contribution in [0.15, 0.2) is 46.9 Å². The zero-order chi connectivity index (χ0) is 28.2. The van der Waals surface area contributed by atoms with E-state index in [1.54, 1.807) is 31.2 Å². The maximum Gasteiger partial charge on any atom is 0.274 e. The molecule has 0 aliphatic carbocycles. The normalized spacial score (nSPS) is 13.0. The lowest BCUT2D eigenvalue weighted by Crippen LogP contribution is -2.30. The molecule has 16 heteroatoms. The molecule has 208 valence electrons. The number of sulfone groups is 1. The minimum atomic E-state index is -4.02. The molecule has 1 atom stereocenters. The Labute approximate surface area is 228 Å². The minimum Gasteiger partial charge on any atom is -0.422 e. The van der Waals surface area contributed by atoms with Crippen LogP contribution in [0.2, 0.25) is 0 Å². The molecule has 0 spiro atoms. The molecule has 13 nitrogen and oxygen atoms in total. The maximum absolute atomic E-state index is 13.3. The minimum absolute atomic E-state index is 0.144. The van der Waals surface area contributed by atoms with Crippen LogP contribution in [0.1, 0.15) is 45.7 Å². The highest BCUT2D eigenvalue weighted by Gasteiger charge is 2.36. The van der Waals surface area contributed by atoms with Crippen molar-refractivity contribution in [3.8, 4) is 11.1 Å². The SMILES string of the molecule is CCCS(=O)(=O)C(c1nnc(CNS(N)(=O)=O)o1)c1nc2ccc(-c3cccc(C(=O)NCCO)c3)cc2s1. The van der Waals surface area contributed by atoms with Gasteiger partial charge in [0.2, 0.25) is 11.8 Å². The van der Waals surface area contributed by atoms with Crippen molar-refractivity contribution >= 4 is 47.5 Å². The Balaban J connectivity index is 1.70. The molecule has 4 rings (SSSR count). The average Bonchev–Trinajstić information content (AvgIpc) is 3.52. The van der Waals surface area contributed by atoms with Crippen LogP contribution in [0.3, 0.4) is 0 Å². The quantitative estimate of drug-likeness (QED) is 0.185. The third-order valence-corrected chi connectivity index (χ3v) is 9.36. The number of amides is 1. The Morgan fingerprint density at radius 3 is 2.62 bits per heavy atom. The molecule has 39 heavy (non-hydrogen) atoms. The molecule has 0 saturated carbocycles. The molecule has 2 aromatic heterocycles. The molecule has 2 aromatic carbocycles. The number of hydrogen-bond donors (Lipinski definition) is 4. The van der Waals surface area contributed by atoms with Gasteiger partial charge >= 0.3 is 0 Å². The third-order valence-electron chi connectivity index (χ3n) is 5.46. The molecule has 0 bridgehead atoms. The number of nitrogens with zero attached hydrogens (tertiary/aromatic N) is 3. The summed E-state index contributed by atoms with van der Waals surface area (Å²) in [6, 6.07) is 12.4. The number of aromatic nitrogens is 3. The summed E-state index contributed by atoms with van der Waals surface area (Å²) in [5, 5.41) is 23.0. The molecule has 0 fully saturated rings. The predicted molar refractivity (Wildman–Crippen MR) is 145 cm³/mol. The van der Waals surface area contributed by atoms with E-state index < -0.39 is 31.8 Å². The second-order valence-electron chi connectivity index (χ2n) is 8.44. The number of aliphatic hydroxyl groups excluding tert-OH is 1. The molecule has 1 unspecified atom stereocenters. The van der Waals surface area contributed by atoms with Crippen molar-refractivity contribution < 1.29 is 31.2 Å². The second kappa shape index (κ2) is 11.8. The zero-order valence-corrected chi connectivity index (χ0v) is 23.1. The molecular formula is C23H26N6O7S3. The Hall–Kier alpha value is -3.28. The molecule has 0 saturated heterocycles. The van der Waals surface area contributed by atoms with E-state index in [1.165, 1.54) is 0 Å². The van der Waals surface area contributed by atoms with Crippen LogP contribution < -0.4 is 15.2 Å². The van der Waals surface area contributed by atoms with E-state index in [2.05, 4.69) is 20.5 Å². The Morgan fingerprint density at radius 2 is 1.90 bits per heavy atom. The van der Waals surface area contributed by atoms with E-state index in [0.717, 1.165) is 22.5 Å². The summed E-state index contributed by atoms with van der Waals surface area (Å²) in [6.07, 6.45) is 0.351. The number of benzene rings is 2. The fraction of sp³-hybridized carbons (Fsp3) is 0.304. The van der Waals surface area contributed by atoms with E-state index in [1.807, 2.05) is 22.9 Å². The van der Waals surface area contributed by atoms with Gasteiger partial charge in [0.1, 0.15) is 5.01 Å². The van der Waals surface area contributed by atoms with Gasteiger partial charge < -0.3 is 14.8 Å². The largest absolute Gasteiger partial charge is 0.422 e. The van der Waals surface area contributed by atoms with E-state index in [9.17, 15) is 21.6 Å². The van der Waals surface area contributed by atoms with Crippen LogP contribution in [0.4, 0.5) is 0 Å². The molecule has 2 heterocycles. The Bertz CT molecular complexity index is 1700. The van der Waals surface area contributed by atoms with Crippen LogP contribution in [-0.2, 0) is 26.6 Å². The number of carbonyl (C=O) groups excluding carboxylic acids is 1. The van der Waals surface area contributed by atoms with Crippen molar-refractivity contribution in [3.63, 3.8) is 0 Å². The van der Waals surface area contributed by atoms with Gasteiger partial charge in [-0.2, -0.15) is 13.1 Å². The number of fused-ring (bicyclic) bond motifs is 1. The van der Waals surface area contributed by atoms with Crippen LogP contribution in [0.25, 0.3) is 21.3 Å². The van der Waals surface area contributed by atoms with Crippen molar-refractivity contribution in [2.24, 2.45) is 5.14 Å². The van der Waals surface area contributed by atoms with E-state index in [4.69, 9.17) is 14.7 Å². The molecule has 0 radical (unpaired) electrons. The van der Waals surface area contributed by atoms with Gasteiger partial charge in [-0.3, -0.25) is 4.79 Å². The molecular weight excluding hydrogens is 568 g/mol. The first-order chi connectivity index (χ1) is 18.5. The molecule has 5 N–H and O–H groups in total. The second-order valence-corrected chi connectivity index (χ2v) is 13.1. The standard InChI is InChI=1S/C23H26N6O7S3/c1-2-10-38(32,33)20(22-29-28-19(36-22)13-26-39(24,34)35)23-27-17-7-6-15(12-18(17)37-23)14-4-3-5-16(11-14)21(31)25-8-9-30/h3-7,11-12,20,26,30H,2,8-10,13H2,1H3,(H,25,31)(H2,24,34,35). The maximum atomic E-state index is 13.3. The first-order valence-corrected chi connectivity index (χ1v) is 15.8. The van der Waals surface area contributed by atoms with E-state index in [0.29, 0.717) is 22.2 Å². The highest BCUT2D eigenvalue weighted by molar-refractivity contribution is 7.92. The molecule has 0 aliphatic heterocycles. The van der Waals surface area contributed by atoms with E-state index in [-0.39, 0.29) is 41.6 Å². The smallest absolute Gasteiger partial charge is 0.274 e. The van der Waals surface area contributed by atoms with Crippen LogP contribution in [-0.4, -0.2) is 61.9 Å². The topological polar surface area (TPSA) is 207 Å². The fourth-order valence-electron chi connectivity index (χ4n) is 3.77. The summed E-state index contributed by atoms with van der Waals surface area (Å²) in [6.45, 7) is 1.31. The van der Waals surface area contributed by atoms with Gasteiger partial charge in [0.15, 0.2) is 15.1 Å². The number of aliphatic hydroxyl groups is 1. The average molecular weight is 595 g/mol. The first kappa shape index (κ1) is 28.7. The Morgan fingerprint density at radius 1 is 1.13 bits per heavy atom. The van der Waals surface area contributed by atoms with Crippen LogP contribution >= 0.6 is 11.3 Å². The van der Waals surface area contributed by atoms with Gasteiger partial charge in [-0.1, -0.05) is 25.1 Å². The van der Waals surface area contributed by atoms with Gasteiger partial charge in [-0.05, 0) is 41.8 Å². The fourth-order valence-corrected chi connectivity index (χ4v) is 7.22. The summed E-state index contributed by atoms with van der Waals surface area (Å²) in [5.74, 6) is -0.844. The van der Waals surface area contributed by atoms with Gasteiger partial charge in [-0.25, -0.2) is 18.5 Å². The van der Waals surface area contributed by atoms with Crippen LogP contribution in [0.5, 0.6) is 0 Å². The molecule has 4 aromatic rings. The Kier molecular flexibility index (Phi) is 8.73. The van der Waals surface area contributed by atoms with Crippen molar-refractivity contribution in [3.05, 3.63) is 64.8 Å². The van der Waals surface area contributed by atoms with Crippen molar-refractivity contribution in [2.45, 2.75) is 25.1 Å². The number of rotatable bonds is 12. The van der Waals surface area contributed by atoms with Gasteiger partial charge in [-0.15, -0.1) is 21.5 Å². The number of carbonyl (C=O) groups is 1. The third kappa shape index (κ3) is 7.03. The van der Waals surface area contributed by atoms with Crippen molar-refractivity contribution in [2.75, 3.05) is 18.9 Å². The lowest BCUT2D eigenvalue weighted by molar-refractivity contribution is 0.0944. The lowest BCUT2D eigenvalue weighted by atomic mass is 10.0. The number of nitrogens with two attached hydrogens (primary N) is 1.